The number of benzene rings is 2. The first-order valence-corrected chi connectivity index (χ1v) is 8.71. The molecule has 4 nitrogen and oxygen atoms in total. The molecular weight excluding hydrogens is 353 g/mol. The van der Waals surface area contributed by atoms with Crippen molar-refractivity contribution in [2.24, 2.45) is 0 Å². The highest BCUT2D eigenvalue weighted by Crippen LogP contribution is 2.26. The minimum absolute atomic E-state index is 0.0949. The average Bonchev–Trinajstić information content (AvgIpc) is 3.15. The van der Waals surface area contributed by atoms with Crippen molar-refractivity contribution < 1.29 is 18.7 Å². The number of nitrogens with zero attached hydrogens (tertiary/aromatic N) is 1. The largest absolute Gasteiger partial charge is 0.497 e. The van der Waals surface area contributed by atoms with E-state index in [2.05, 4.69) is 4.98 Å². The Morgan fingerprint density at radius 2 is 1.88 bits per heavy atom. The summed E-state index contributed by atoms with van der Waals surface area (Å²) in [4.78, 5) is 16.3. The number of hydrogen-bond donors (Lipinski definition) is 0. The van der Waals surface area contributed by atoms with E-state index in [1.807, 2.05) is 29.6 Å². The lowest BCUT2D eigenvalue weighted by Crippen LogP contribution is -2.00. The lowest BCUT2D eigenvalue weighted by molar-refractivity contribution is -0.138. The quantitative estimate of drug-likeness (QED) is 0.466. The Bertz CT molecular complexity index is 902. The van der Waals surface area contributed by atoms with Gasteiger partial charge in [-0.3, -0.25) is 0 Å². The molecule has 0 saturated carbocycles. The van der Waals surface area contributed by atoms with Crippen LogP contribution < -0.4 is 4.74 Å². The van der Waals surface area contributed by atoms with Crippen LogP contribution in [0.25, 0.3) is 16.6 Å². The molecule has 0 bridgehead atoms. The van der Waals surface area contributed by atoms with E-state index in [0.717, 1.165) is 21.9 Å². The third-order valence-corrected chi connectivity index (χ3v) is 4.45. The second-order valence-corrected chi connectivity index (χ2v) is 6.23. The zero-order valence-corrected chi connectivity index (χ0v) is 14.8. The molecule has 1 heterocycles. The third-order valence-electron chi connectivity index (χ3n) is 3.54. The zero-order valence-electron chi connectivity index (χ0n) is 14.0. The van der Waals surface area contributed by atoms with E-state index in [9.17, 15) is 9.18 Å². The van der Waals surface area contributed by atoms with Crippen molar-refractivity contribution >= 4 is 23.4 Å². The number of carbonyl (C=O) groups excluding carboxylic acids is 1. The molecule has 1 aromatic heterocycles. The van der Waals surface area contributed by atoms with Crippen molar-refractivity contribution in [1.29, 1.82) is 0 Å². The fraction of sp³-hybridized carbons (Fsp3) is 0.100. The van der Waals surface area contributed by atoms with E-state index in [4.69, 9.17) is 9.47 Å². The molecule has 0 N–H and O–H groups in total. The first-order valence-electron chi connectivity index (χ1n) is 7.83. The number of halogens is 1. The fourth-order valence-electron chi connectivity index (χ4n) is 2.17. The Morgan fingerprint density at radius 3 is 2.58 bits per heavy atom. The highest BCUT2D eigenvalue weighted by Gasteiger charge is 2.05. The summed E-state index contributed by atoms with van der Waals surface area (Å²) in [5.41, 5.74) is 2.39. The van der Waals surface area contributed by atoms with Gasteiger partial charge in [0.05, 0.1) is 12.8 Å². The van der Waals surface area contributed by atoms with Crippen LogP contribution in [-0.4, -0.2) is 18.1 Å². The molecule has 3 rings (SSSR count). The fourth-order valence-corrected chi connectivity index (χ4v) is 2.96. The molecule has 0 unspecified atom stereocenters. The molecule has 6 heteroatoms. The van der Waals surface area contributed by atoms with Crippen LogP contribution in [0.3, 0.4) is 0 Å². The monoisotopic (exact) mass is 369 g/mol. The van der Waals surface area contributed by atoms with E-state index in [1.54, 1.807) is 25.3 Å². The Morgan fingerprint density at radius 1 is 1.15 bits per heavy atom. The highest BCUT2D eigenvalue weighted by atomic mass is 32.1. The maximum atomic E-state index is 12.8. The van der Waals surface area contributed by atoms with E-state index in [-0.39, 0.29) is 12.4 Å². The van der Waals surface area contributed by atoms with Gasteiger partial charge in [-0.15, -0.1) is 11.3 Å². The Labute approximate surface area is 154 Å². The minimum atomic E-state index is -0.478. The van der Waals surface area contributed by atoms with Crippen LogP contribution in [0.1, 0.15) is 11.3 Å². The minimum Gasteiger partial charge on any atom is -0.497 e. The summed E-state index contributed by atoms with van der Waals surface area (Å²) in [7, 11) is 1.62. The average molecular weight is 369 g/mol. The van der Waals surface area contributed by atoms with Gasteiger partial charge in [0.25, 0.3) is 0 Å². The smallest absolute Gasteiger partial charge is 0.331 e. The molecule has 2 aromatic carbocycles. The van der Waals surface area contributed by atoms with E-state index >= 15 is 0 Å². The van der Waals surface area contributed by atoms with Gasteiger partial charge in [0.15, 0.2) is 0 Å². The Hall–Kier alpha value is -2.99. The topological polar surface area (TPSA) is 48.4 Å². The van der Waals surface area contributed by atoms with Crippen molar-refractivity contribution in [3.63, 3.8) is 0 Å². The van der Waals surface area contributed by atoms with E-state index in [0.29, 0.717) is 5.69 Å². The van der Waals surface area contributed by atoms with Crippen LogP contribution in [0.5, 0.6) is 5.75 Å². The van der Waals surface area contributed by atoms with Gasteiger partial charge in [-0.05, 0) is 48.0 Å². The number of hydrogen-bond acceptors (Lipinski definition) is 5. The molecule has 3 aromatic rings. The number of carbonyl (C=O) groups is 1. The van der Waals surface area contributed by atoms with Crippen molar-refractivity contribution in [2.45, 2.75) is 6.61 Å². The molecule has 0 aliphatic carbocycles. The van der Waals surface area contributed by atoms with Crippen LogP contribution >= 0.6 is 11.3 Å². The number of aromatic nitrogens is 1. The van der Waals surface area contributed by atoms with Gasteiger partial charge in [-0.1, -0.05) is 12.1 Å². The standard InChI is InChI=1S/C20H16FNO3S/c1-24-18-9-4-15(5-10-18)20-22-17(13-26-20)8-11-19(23)25-12-14-2-6-16(21)7-3-14/h2-11,13H,12H2,1H3. The molecule has 0 fully saturated rings. The van der Waals surface area contributed by atoms with Gasteiger partial charge in [0.2, 0.25) is 0 Å². The number of rotatable bonds is 6. The molecule has 0 atom stereocenters. The molecule has 0 saturated heterocycles. The first kappa shape index (κ1) is 17.8. The molecule has 0 radical (unpaired) electrons. The summed E-state index contributed by atoms with van der Waals surface area (Å²) in [5, 5.41) is 2.72. The van der Waals surface area contributed by atoms with Gasteiger partial charge < -0.3 is 9.47 Å². The van der Waals surface area contributed by atoms with Gasteiger partial charge in [0, 0.05) is 17.0 Å². The van der Waals surface area contributed by atoms with Gasteiger partial charge >= 0.3 is 5.97 Å². The maximum absolute atomic E-state index is 12.8. The van der Waals surface area contributed by atoms with Crippen LogP contribution in [0.15, 0.2) is 60.0 Å². The second kappa shape index (κ2) is 8.40. The molecule has 0 amide bonds. The Balaban J connectivity index is 1.57. The SMILES string of the molecule is COc1ccc(-c2nc(C=CC(=O)OCc3ccc(F)cc3)cs2)cc1. The molecule has 0 spiro atoms. The lowest BCUT2D eigenvalue weighted by atomic mass is 10.2. The summed E-state index contributed by atoms with van der Waals surface area (Å²) in [6.45, 7) is 0.0949. The number of thiazole rings is 1. The number of methoxy groups -OCH3 is 1. The number of esters is 1. The first-order chi connectivity index (χ1) is 12.6. The summed E-state index contributed by atoms with van der Waals surface area (Å²) >= 11 is 1.49. The van der Waals surface area contributed by atoms with Crippen molar-refractivity contribution in [2.75, 3.05) is 7.11 Å². The van der Waals surface area contributed by atoms with Crippen molar-refractivity contribution in [1.82, 2.24) is 4.98 Å². The normalized spacial score (nSPS) is 10.8. The van der Waals surface area contributed by atoms with Crippen LogP contribution in [0.4, 0.5) is 4.39 Å². The van der Waals surface area contributed by atoms with E-state index < -0.39 is 5.97 Å². The van der Waals surface area contributed by atoms with Crippen LogP contribution in [-0.2, 0) is 16.1 Å². The summed E-state index contributed by atoms with van der Waals surface area (Å²) in [6, 6.07) is 13.4. The molecule has 26 heavy (non-hydrogen) atoms. The van der Waals surface area contributed by atoms with Crippen molar-refractivity contribution in [3.8, 4) is 16.3 Å². The molecule has 0 aliphatic rings. The summed E-state index contributed by atoms with van der Waals surface area (Å²) < 4.78 is 23.1. The molecular formula is C20H16FNO3S. The number of ether oxygens (including phenoxy) is 2. The molecule has 0 aliphatic heterocycles. The van der Waals surface area contributed by atoms with Gasteiger partial charge in [0.1, 0.15) is 23.2 Å². The maximum Gasteiger partial charge on any atom is 0.331 e. The molecule has 132 valence electrons. The summed E-state index contributed by atoms with van der Waals surface area (Å²) in [5.74, 6) is -0.0150. The van der Waals surface area contributed by atoms with Crippen LogP contribution in [0, 0.1) is 5.82 Å². The second-order valence-electron chi connectivity index (χ2n) is 5.37. The van der Waals surface area contributed by atoms with E-state index in [1.165, 1.54) is 29.5 Å². The van der Waals surface area contributed by atoms with Gasteiger partial charge in [-0.2, -0.15) is 0 Å². The Kier molecular flexibility index (Phi) is 5.76. The summed E-state index contributed by atoms with van der Waals surface area (Å²) in [6.07, 6.45) is 2.94. The predicted molar refractivity (Wildman–Crippen MR) is 99.3 cm³/mol. The van der Waals surface area contributed by atoms with Crippen LogP contribution in [0.2, 0.25) is 0 Å². The predicted octanol–water partition coefficient (Wildman–Crippen LogP) is 4.71. The van der Waals surface area contributed by atoms with Crippen molar-refractivity contribution in [3.05, 3.63) is 77.1 Å². The zero-order chi connectivity index (χ0) is 18.4. The lowest BCUT2D eigenvalue weighted by Gasteiger charge is -2.01. The highest BCUT2D eigenvalue weighted by molar-refractivity contribution is 7.13. The van der Waals surface area contributed by atoms with Gasteiger partial charge in [-0.25, -0.2) is 14.2 Å². The third kappa shape index (κ3) is 4.77.